The van der Waals surface area contributed by atoms with Crippen LogP contribution in [0.15, 0.2) is 16.8 Å². The monoisotopic (exact) mass is 219 g/mol. The summed E-state index contributed by atoms with van der Waals surface area (Å²) in [6.07, 6.45) is 3.12. The number of nitrogens with one attached hydrogen (secondary N) is 1. The highest BCUT2D eigenvalue weighted by atomic mass is 16.4. The summed E-state index contributed by atoms with van der Waals surface area (Å²) in [6, 6.07) is 0. The van der Waals surface area contributed by atoms with E-state index >= 15 is 0 Å². The minimum Gasteiger partial charge on any atom is -0.444 e. The number of oxazole rings is 1. The van der Waals surface area contributed by atoms with Crippen molar-refractivity contribution in [3.63, 3.8) is 0 Å². The number of hydrogen-bond acceptors (Lipinski definition) is 6. The fraction of sp³-hybridized carbons (Fsp3) is 0.300. The van der Waals surface area contributed by atoms with Crippen LogP contribution in [0.3, 0.4) is 0 Å². The molecule has 0 aliphatic rings. The molecular weight excluding hydrogens is 206 g/mol. The molecule has 6 heteroatoms. The normalized spacial score (nSPS) is 10.4. The molecule has 0 aromatic carbocycles. The Labute approximate surface area is 92.9 Å². The quantitative estimate of drug-likeness (QED) is 0.808. The van der Waals surface area contributed by atoms with E-state index in [9.17, 15) is 0 Å². The fourth-order valence-electron chi connectivity index (χ4n) is 1.26. The van der Waals surface area contributed by atoms with Crippen molar-refractivity contribution in [1.29, 1.82) is 0 Å². The third kappa shape index (κ3) is 2.10. The Hall–Kier alpha value is -2.11. The summed E-state index contributed by atoms with van der Waals surface area (Å²) >= 11 is 0. The van der Waals surface area contributed by atoms with Gasteiger partial charge < -0.3 is 15.5 Å². The van der Waals surface area contributed by atoms with Crippen molar-refractivity contribution in [2.24, 2.45) is 0 Å². The van der Waals surface area contributed by atoms with E-state index < -0.39 is 0 Å². The molecule has 0 saturated heterocycles. The molecule has 0 aliphatic heterocycles. The molecule has 0 radical (unpaired) electrons. The molecule has 2 aromatic rings. The summed E-state index contributed by atoms with van der Waals surface area (Å²) < 4.78 is 5.41. The van der Waals surface area contributed by atoms with Crippen LogP contribution in [-0.4, -0.2) is 15.0 Å². The van der Waals surface area contributed by atoms with Crippen LogP contribution in [0, 0.1) is 13.8 Å². The largest absolute Gasteiger partial charge is 0.444 e. The van der Waals surface area contributed by atoms with Gasteiger partial charge in [0.15, 0.2) is 11.6 Å². The molecule has 0 unspecified atom stereocenters. The smallest absolute Gasteiger partial charge is 0.213 e. The second-order valence-corrected chi connectivity index (χ2v) is 3.39. The van der Waals surface area contributed by atoms with Crippen LogP contribution in [0.1, 0.15) is 17.3 Å². The second kappa shape index (κ2) is 4.18. The van der Waals surface area contributed by atoms with Crippen LogP contribution in [0.2, 0.25) is 0 Å². The fourth-order valence-corrected chi connectivity index (χ4v) is 1.26. The number of nitrogens with two attached hydrogens (primary N) is 1. The van der Waals surface area contributed by atoms with Gasteiger partial charge in [-0.15, -0.1) is 0 Å². The van der Waals surface area contributed by atoms with E-state index in [0.29, 0.717) is 24.1 Å². The predicted octanol–water partition coefficient (Wildman–Crippen LogP) is 1.28. The first-order valence-electron chi connectivity index (χ1n) is 4.90. The molecule has 3 N–H and O–H groups in total. The Morgan fingerprint density at radius 1 is 1.31 bits per heavy atom. The van der Waals surface area contributed by atoms with Crippen LogP contribution in [0.4, 0.5) is 11.6 Å². The first-order chi connectivity index (χ1) is 7.66. The second-order valence-electron chi connectivity index (χ2n) is 3.39. The Kier molecular flexibility index (Phi) is 2.72. The molecular formula is C10H13N5O. The lowest BCUT2D eigenvalue weighted by molar-refractivity contribution is 0.478. The molecule has 0 bridgehead atoms. The molecule has 0 spiro atoms. The van der Waals surface area contributed by atoms with Crippen molar-refractivity contribution < 1.29 is 4.42 Å². The van der Waals surface area contributed by atoms with Gasteiger partial charge in [-0.1, -0.05) is 0 Å². The summed E-state index contributed by atoms with van der Waals surface area (Å²) in [6.45, 7) is 4.22. The van der Waals surface area contributed by atoms with Crippen LogP contribution < -0.4 is 11.1 Å². The zero-order valence-corrected chi connectivity index (χ0v) is 9.19. The van der Waals surface area contributed by atoms with Gasteiger partial charge >= 0.3 is 0 Å². The summed E-state index contributed by atoms with van der Waals surface area (Å²) in [5.41, 5.74) is 6.53. The number of nitrogen functional groups attached to an aromatic ring is 1. The van der Waals surface area contributed by atoms with Crippen LogP contribution in [0.25, 0.3) is 0 Å². The SMILES string of the molecule is Cc1nc(CNc2nccnc2N)oc1C. The summed E-state index contributed by atoms with van der Waals surface area (Å²) in [4.78, 5) is 12.2. The number of hydrogen-bond donors (Lipinski definition) is 2. The van der Waals surface area contributed by atoms with E-state index in [-0.39, 0.29) is 0 Å². The number of rotatable bonds is 3. The molecule has 84 valence electrons. The van der Waals surface area contributed by atoms with Crippen LogP contribution >= 0.6 is 0 Å². The van der Waals surface area contributed by atoms with Gasteiger partial charge in [-0.25, -0.2) is 15.0 Å². The third-order valence-electron chi connectivity index (χ3n) is 2.21. The first-order valence-corrected chi connectivity index (χ1v) is 4.90. The molecule has 0 atom stereocenters. The molecule has 2 aromatic heterocycles. The maximum Gasteiger partial charge on any atom is 0.213 e. The zero-order chi connectivity index (χ0) is 11.5. The van der Waals surface area contributed by atoms with Gasteiger partial charge in [0.05, 0.1) is 12.2 Å². The topological polar surface area (TPSA) is 89.9 Å². The maximum atomic E-state index is 5.63. The van der Waals surface area contributed by atoms with Gasteiger partial charge in [0.2, 0.25) is 5.89 Å². The van der Waals surface area contributed by atoms with Gasteiger partial charge in [0, 0.05) is 12.4 Å². The molecule has 16 heavy (non-hydrogen) atoms. The average molecular weight is 219 g/mol. The van der Waals surface area contributed by atoms with Gasteiger partial charge in [0.25, 0.3) is 0 Å². The van der Waals surface area contributed by atoms with E-state index in [1.54, 1.807) is 12.4 Å². The lowest BCUT2D eigenvalue weighted by Crippen LogP contribution is -2.05. The van der Waals surface area contributed by atoms with E-state index in [4.69, 9.17) is 10.2 Å². The summed E-state index contributed by atoms with van der Waals surface area (Å²) in [5, 5.41) is 3.01. The average Bonchev–Trinajstić information content (AvgIpc) is 2.57. The Morgan fingerprint density at radius 2 is 2.06 bits per heavy atom. The van der Waals surface area contributed by atoms with E-state index in [2.05, 4.69) is 20.3 Å². The molecule has 6 nitrogen and oxygen atoms in total. The molecule has 0 amide bonds. The van der Waals surface area contributed by atoms with E-state index in [1.165, 1.54) is 0 Å². The zero-order valence-electron chi connectivity index (χ0n) is 9.19. The van der Waals surface area contributed by atoms with E-state index in [0.717, 1.165) is 11.5 Å². The van der Waals surface area contributed by atoms with E-state index in [1.807, 2.05) is 13.8 Å². The lowest BCUT2D eigenvalue weighted by atomic mass is 10.4. The molecule has 0 aliphatic carbocycles. The minimum atomic E-state index is 0.363. The first kappa shape index (κ1) is 10.4. The van der Waals surface area contributed by atoms with Crippen molar-refractivity contribution in [2.75, 3.05) is 11.1 Å². The van der Waals surface area contributed by atoms with Crippen molar-refractivity contribution in [2.45, 2.75) is 20.4 Å². The minimum absolute atomic E-state index is 0.363. The van der Waals surface area contributed by atoms with Crippen LogP contribution in [-0.2, 0) is 6.54 Å². The van der Waals surface area contributed by atoms with Gasteiger partial charge in [-0.05, 0) is 13.8 Å². The molecule has 0 fully saturated rings. The number of anilines is 2. The molecule has 0 saturated carbocycles. The highest BCUT2D eigenvalue weighted by Gasteiger charge is 2.06. The summed E-state index contributed by atoms with van der Waals surface area (Å²) in [7, 11) is 0. The lowest BCUT2D eigenvalue weighted by Gasteiger charge is -2.03. The maximum absolute atomic E-state index is 5.63. The van der Waals surface area contributed by atoms with Crippen molar-refractivity contribution in [3.8, 4) is 0 Å². The molecule has 2 heterocycles. The Balaban J connectivity index is 2.05. The summed E-state index contributed by atoms with van der Waals surface area (Å²) in [5.74, 6) is 2.34. The predicted molar refractivity (Wildman–Crippen MR) is 59.7 cm³/mol. The standard InChI is InChI=1S/C10H13N5O/c1-6-7(2)16-8(15-6)5-14-10-9(11)12-3-4-13-10/h3-4H,5H2,1-2H3,(H2,11,12)(H,13,14). The van der Waals surface area contributed by atoms with Crippen molar-refractivity contribution in [3.05, 3.63) is 29.7 Å². The van der Waals surface area contributed by atoms with Crippen LogP contribution in [0.5, 0.6) is 0 Å². The van der Waals surface area contributed by atoms with Gasteiger partial charge in [-0.2, -0.15) is 0 Å². The van der Waals surface area contributed by atoms with Gasteiger partial charge in [0.1, 0.15) is 5.76 Å². The highest BCUT2D eigenvalue weighted by molar-refractivity contribution is 5.54. The Bertz CT molecular complexity index is 474. The Morgan fingerprint density at radius 3 is 2.69 bits per heavy atom. The van der Waals surface area contributed by atoms with Crippen molar-refractivity contribution in [1.82, 2.24) is 15.0 Å². The van der Waals surface area contributed by atoms with Crippen molar-refractivity contribution >= 4 is 11.6 Å². The van der Waals surface area contributed by atoms with Gasteiger partial charge in [-0.3, -0.25) is 0 Å². The number of aromatic nitrogens is 3. The third-order valence-corrected chi connectivity index (χ3v) is 2.21. The highest BCUT2D eigenvalue weighted by Crippen LogP contribution is 2.13. The molecule has 2 rings (SSSR count). The number of nitrogens with zero attached hydrogens (tertiary/aromatic N) is 3. The number of aryl methyl sites for hydroxylation is 2.